The molecule has 84 valence electrons. The summed E-state index contributed by atoms with van der Waals surface area (Å²) >= 11 is 0. The molecule has 17 heavy (non-hydrogen) atoms. The highest BCUT2D eigenvalue weighted by molar-refractivity contribution is 5.76. The molecule has 0 saturated heterocycles. The Morgan fingerprint density at radius 1 is 1.12 bits per heavy atom. The lowest BCUT2D eigenvalue weighted by atomic mass is 10.2. The normalized spacial score (nSPS) is 10.9. The van der Waals surface area contributed by atoms with E-state index in [0.717, 1.165) is 22.4 Å². The molecule has 0 aliphatic heterocycles. The maximum Gasteiger partial charge on any atom is 0.0908 e. The highest BCUT2D eigenvalue weighted by atomic mass is 15.4. The summed E-state index contributed by atoms with van der Waals surface area (Å²) in [4.78, 5) is 8.47. The number of fused-ring (bicyclic) bond motifs is 1. The molecule has 0 unspecified atom stereocenters. The van der Waals surface area contributed by atoms with E-state index in [-0.39, 0.29) is 0 Å². The summed E-state index contributed by atoms with van der Waals surface area (Å²) in [6.45, 7) is 0.394. The molecule has 0 fully saturated rings. The van der Waals surface area contributed by atoms with Crippen LogP contribution in [0.15, 0.2) is 36.8 Å². The topological polar surface area (TPSA) is 82.5 Å². The third-order valence-corrected chi connectivity index (χ3v) is 2.53. The Morgan fingerprint density at radius 3 is 2.76 bits per heavy atom. The van der Waals surface area contributed by atoms with E-state index in [1.165, 1.54) is 0 Å². The number of nitrogens with two attached hydrogens (primary N) is 1. The van der Waals surface area contributed by atoms with Gasteiger partial charge < -0.3 is 5.73 Å². The first kappa shape index (κ1) is 9.86. The highest BCUT2D eigenvalue weighted by Gasteiger charge is 2.05. The van der Waals surface area contributed by atoms with Crippen LogP contribution in [-0.2, 0) is 6.54 Å². The van der Waals surface area contributed by atoms with Crippen molar-refractivity contribution in [2.75, 3.05) is 0 Å². The van der Waals surface area contributed by atoms with Gasteiger partial charge in [-0.25, -0.2) is 4.68 Å². The van der Waals surface area contributed by atoms with Crippen LogP contribution in [0.25, 0.3) is 16.7 Å². The lowest BCUT2D eigenvalue weighted by molar-refractivity contribution is 0.762. The van der Waals surface area contributed by atoms with Crippen molar-refractivity contribution in [2.24, 2.45) is 5.73 Å². The van der Waals surface area contributed by atoms with Crippen molar-refractivity contribution in [1.29, 1.82) is 0 Å². The first-order valence-corrected chi connectivity index (χ1v) is 5.19. The molecule has 0 amide bonds. The number of hydrogen-bond donors (Lipinski definition) is 1. The molecule has 2 N–H and O–H groups in total. The van der Waals surface area contributed by atoms with Crippen molar-refractivity contribution < 1.29 is 0 Å². The fraction of sp³-hybridized carbons (Fsp3) is 0.0909. The van der Waals surface area contributed by atoms with Crippen molar-refractivity contribution in [1.82, 2.24) is 25.0 Å². The molecule has 2 heterocycles. The quantitative estimate of drug-likeness (QED) is 0.694. The van der Waals surface area contributed by atoms with Crippen molar-refractivity contribution in [3.63, 3.8) is 0 Å². The summed E-state index contributed by atoms with van der Waals surface area (Å²) in [5.74, 6) is 0. The summed E-state index contributed by atoms with van der Waals surface area (Å²) < 4.78 is 1.70. The lowest BCUT2D eigenvalue weighted by Gasteiger charge is -2.04. The first-order valence-electron chi connectivity index (χ1n) is 5.19. The van der Waals surface area contributed by atoms with E-state index in [1.54, 1.807) is 23.3 Å². The van der Waals surface area contributed by atoms with Crippen LogP contribution in [0.3, 0.4) is 0 Å². The maximum absolute atomic E-state index is 5.62. The van der Waals surface area contributed by atoms with Gasteiger partial charge in [0.25, 0.3) is 0 Å². The minimum absolute atomic E-state index is 0.394. The van der Waals surface area contributed by atoms with E-state index in [4.69, 9.17) is 5.73 Å². The van der Waals surface area contributed by atoms with Crippen LogP contribution in [0.5, 0.6) is 0 Å². The molecule has 0 aliphatic rings. The number of benzene rings is 1. The van der Waals surface area contributed by atoms with E-state index in [9.17, 15) is 0 Å². The molecule has 0 radical (unpaired) electrons. The van der Waals surface area contributed by atoms with E-state index in [1.807, 2.05) is 18.2 Å². The van der Waals surface area contributed by atoms with Gasteiger partial charge in [0.15, 0.2) is 0 Å². The first-order chi connectivity index (χ1) is 8.38. The Bertz CT molecular complexity index is 660. The van der Waals surface area contributed by atoms with Gasteiger partial charge in [0.2, 0.25) is 0 Å². The van der Waals surface area contributed by atoms with E-state index < -0.39 is 0 Å². The number of nitrogens with zero attached hydrogens (tertiary/aromatic N) is 5. The third kappa shape index (κ3) is 1.64. The van der Waals surface area contributed by atoms with Crippen LogP contribution in [-0.4, -0.2) is 25.0 Å². The Hall–Kier alpha value is -2.34. The SMILES string of the molecule is NCc1cnnn1-c1ccc2nccnc2c1. The molecular formula is C11H10N6. The molecule has 0 saturated carbocycles. The van der Waals surface area contributed by atoms with E-state index in [0.29, 0.717) is 6.54 Å². The van der Waals surface area contributed by atoms with Crippen molar-refractivity contribution in [3.8, 4) is 5.69 Å². The van der Waals surface area contributed by atoms with Gasteiger partial charge in [0, 0.05) is 18.9 Å². The lowest BCUT2D eigenvalue weighted by Crippen LogP contribution is -2.06. The Kier molecular flexibility index (Phi) is 2.27. The van der Waals surface area contributed by atoms with Gasteiger partial charge in [-0.2, -0.15) is 0 Å². The maximum atomic E-state index is 5.62. The zero-order chi connectivity index (χ0) is 11.7. The Labute approximate surface area is 97.1 Å². The standard InChI is InChI=1S/C11H10N6/c12-6-9-7-15-16-17(9)8-1-2-10-11(5-8)14-4-3-13-10/h1-5,7H,6,12H2. The molecule has 3 rings (SSSR count). The van der Waals surface area contributed by atoms with Crippen LogP contribution >= 0.6 is 0 Å². The van der Waals surface area contributed by atoms with Crippen LogP contribution in [0.2, 0.25) is 0 Å². The molecule has 0 spiro atoms. The van der Waals surface area contributed by atoms with Gasteiger partial charge in [0.1, 0.15) is 0 Å². The molecular weight excluding hydrogens is 216 g/mol. The Morgan fingerprint density at radius 2 is 1.94 bits per heavy atom. The minimum Gasteiger partial charge on any atom is -0.325 e. The molecule has 1 aromatic carbocycles. The van der Waals surface area contributed by atoms with Crippen molar-refractivity contribution in [2.45, 2.75) is 6.54 Å². The van der Waals surface area contributed by atoms with Crippen molar-refractivity contribution in [3.05, 3.63) is 42.5 Å². The second-order valence-corrected chi connectivity index (χ2v) is 3.57. The number of hydrogen-bond acceptors (Lipinski definition) is 5. The zero-order valence-electron chi connectivity index (χ0n) is 8.98. The second kappa shape index (κ2) is 3.91. The van der Waals surface area contributed by atoms with Gasteiger partial charge in [-0.15, -0.1) is 5.10 Å². The molecule has 0 bridgehead atoms. The van der Waals surface area contributed by atoms with Gasteiger partial charge in [-0.05, 0) is 18.2 Å². The number of rotatable bonds is 2. The van der Waals surface area contributed by atoms with Crippen LogP contribution in [0.4, 0.5) is 0 Å². The summed E-state index contributed by atoms with van der Waals surface area (Å²) in [7, 11) is 0. The van der Waals surface area contributed by atoms with Crippen LogP contribution in [0, 0.1) is 0 Å². The van der Waals surface area contributed by atoms with Gasteiger partial charge in [0.05, 0.1) is 28.6 Å². The molecule has 6 heteroatoms. The predicted molar refractivity (Wildman–Crippen MR) is 62.3 cm³/mol. The molecule has 2 aromatic heterocycles. The summed E-state index contributed by atoms with van der Waals surface area (Å²) in [5, 5.41) is 7.85. The third-order valence-electron chi connectivity index (χ3n) is 2.53. The van der Waals surface area contributed by atoms with Gasteiger partial charge >= 0.3 is 0 Å². The van der Waals surface area contributed by atoms with Crippen LogP contribution in [0.1, 0.15) is 5.69 Å². The fourth-order valence-electron chi connectivity index (χ4n) is 1.70. The highest BCUT2D eigenvalue weighted by Crippen LogP contribution is 2.15. The smallest absolute Gasteiger partial charge is 0.0908 e. The zero-order valence-corrected chi connectivity index (χ0v) is 8.98. The molecule has 0 atom stereocenters. The molecule has 3 aromatic rings. The monoisotopic (exact) mass is 226 g/mol. The summed E-state index contributed by atoms with van der Waals surface area (Å²) in [5.41, 5.74) is 9.03. The molecule has 6 nitrogen and oxygen atoms in total. The average molecular weight is 226 g/mol. The fourth-order valence-corrected chi connectivity index (χ4v) is 1.70. The van der Waals surface area contributed by atoms with Gasteiger partial charge in [-0.3, -0.25) is 9.97 Å². The minimum atomic E-state index is 0.394. The Balaban J connectivity index is 2.18. The van der Waals surface area contributed by atoms with E-state index in [2.05, 4.69) is 20.3 Å². The summed E-state index contributed by atoms with van der Waals surface area (Å²) in [6, 6.07) is 5.74. The van der Waals surface area contributed by atoms with Gasteiger partial charge in [-0.1, -0.05) is 5.21 Å². The van der Waals surface area contributed by atoms with Crippen LogP contribution < -0.4 is 5.73 Å². The van der Waals surface area contributed by atoms with Crippen molar-refractivity contribution >= 4 is 11.0 Å². The largest absolute Gasteiger partial charge is 0.325 e. The average Bonchev–Trinajstić information content (AvgIpc) is 2.86. The summed E-state index contributed by atoms with van der Waals surface area (Å²) in [6.07, 6.45) is 4.99. The molecule has 0 aliphatic carbocycles. The van der Waals surface area contributed by atoms with E-state index >= 15 is 0 Å². The number of aromatic nitrogens is 5. The predicted octanol–water partition coefficient (Wildman–Crippen LogP) is 0.669. The second-order valence-electron chi connectivity index (χ2n) is 3.57.